The molecule has 0 saturated heterocycles. The molecule has 0 spiro atoms. The van der Waals surface area contributed by atoms with Crippen LogP contribution in [-0.2, 0) is 13.3 Å². The number of hydrogen-bond acceptors (Lipinski definition) is 3. The van der Waals surface area contributed by atoms with Crippen molar-refractivity contribution in [2.24, 2.45) is 0 Å². The third-order valence-corrected chi connectivity index (χ3v) is 13.7. The standard InChI is InChI=1S/C22H54NO3Si3/c1-7-8-9-10-11-12-13-14-15-16-17-18-20-23(2,3)21-19-22(27-24-4,28-25-5)29-26-6/h7-21,27-29H2,1-6H3/q+1. The first-order valence-electron chi connectivity index (χ1n) is 12.2. The minimum absolute atomic E-state index is 0.379. The van der Waals surface area contributed by atoms with Gasteiger partial charge < -0.3 is 17.8 Å². The highest BCUT2D eigenvalue weighted by Gasteiger charge is 2.35. The largest absolute Gasteiger partial charge is 0.427 e. The Morgan fingerprint density at radius 3 is 1.34 bits per heavy atom. The van der Waals surface area contributed by atoms with E-state index in [4.69, 9.17) is 13.3 Å². The smallest absolute Gasteiger partial charge is 0.165 e. The van der Waals surface area contributed by atoms with Crippen molar-refractivity contribution in [2.45, 2.75) is 94.7 Å². The summed E-state index contributed by atoms with van der Waals surface area (Å²) in [5, 5.41) is 0. The van der Waals surface area contributed by atoms with Crippen LogP contribution >= 0.6 is 0 Å². The molecule has 0 aliphatic heterocycles. The summed E-state index contributed by atoms with van der Waals surface area (Å²) in [5.74, 6) is 0. The first-order chi connectivity index (χ1) is 13.9. The fourth-order valence-electron chi connectivity index (χ4n) is 4.29. The van der Waals surface area contributed by atoms with Crippen molar-refractivity contribution in [3.63, 3.8) is 0 Å². The van der Waals surface area contributed by atoms with Crippen LogP contribution in [0.5, 0.6) is 0 Å². The molecule has 0 heterocycles. The first kappa shape index (κ1) is 29.5. The van der Waals surface area contributed by atoms with Crippen molar-refractivity contribution in [2.75, 3.05) is 48.5 Å². The van der Waals surface area contributed by atoms with Gasteiger partial charge in [0.1, 0.15) is 0 Å². The molecule has 0 aromatic heterocycles. The molecule has 0 saturated carbocycles. The van der Waals surface area contributed by atoms with Gasteiger partial charge in [0.15, 0.2) is 29.3 Å². The molecule has 0 atom stereocenters. The zero-order valence-electron chi connectivity index (χ0n) is 20.9. The summed E-state index contributed by atoms with van der Waals surface area (Å²) in [7, 11) is 8.81. The zero-order valence-corrected chi connectivity index (χ0v) is 25.1. The van der Waals surface area contributed by atoms with Crippen LogP contribution in [0.3, 0.4) is 0 Å². The molecule has 0 aliphatic rings. The highest BCUT2D eigenvalue weighted by Crippen LogP contribution is 2.28. The molecule has 0 unspecified atom stereocenters. The van der Waals surface area contributed by atoms with Crippen molar-refractivity contribution in [1.82, 2.24) is 0 Å². The Hall–Kier alpha value is 0.491. The van der Waals surface area contributed by atoms with Gasteiger partial charge in [-0.2, -0.15) is 0 Å². The van der Waals surface area contributed by atoms with Gasteiger partial charge in [-0.25, -0.2) is 0 Å². The van der Waals surface area contributed by atoms with Crippen LogP contribution in [0.2, 0.25) is 4.28 Å². The van der Waals surface area contributed by atoms with Crippen molar-refractivity contribution in [1.29, 1.82) is 0 Å². The second-order valence-corrected chi connectivity index (χ2v) is 19.9. The summed E-state index contributed by atoms with van der Waals surface area (Å²) in [6.07, 6.45) is 18.3. The Balaban J connectivity index is 3.88. The van der Waals surface area contributed by atoms with E-state index in [1.165, 1.54) is 96.6 Å². The summed E-state index contributed by atoms with van der Waals surface area (Å²) < 4.78 is 18.6. The topological polar surface area (TPSA) is 27.7 Å². The van der Waals surface area contributed by atoms with Crippen LogP contribution in [0.25, 0.3) is 0 Å². The summed E-state index contributed by atoms with van der Waals surface area (Å²) in [5.41, 5.74) is 0. The number of rotatable bonds is 22. The second kappa shape index (κ2) is 19.2. The summed E-state index contributed by atoms with van der Waals surface area (Å²) in [4.78, 5) is 0. The predicted octanol–water partition coefficient (Wildman–Crippen LogP) is 3.42. The highest BCUT2D eigenvalue weighted by molar-refractivity contribution is 6.74. The highest BCUT2D eigenvalue weighted by atomic mass is 28.4. The molecule has 0 radical (unpaired) electrons. The first-order valence-corrected chi connectivity index (χ1v) is 16.1. The minimum Gasteiger partial charge on any atom is -0.427 e. The quantitative estimate of drug-likeness (QED) is 0.140. The van der Waals surface area contributed by atoms with Crippen LogP contribution in [0.15, 0.2) is 0 Å². The maximum absolute atomic E-state index is 5.70. The average molecular weight is 465 g/mol. The molecular weight excluding hydrogens is 411 g/mol. The molecule has 29 heavy (non-hydrogen) atoms. The van der Waals surface area contributed by atoms with Crippen molar-refractivity contribution in [3.8, 4) is 0 Å². The fraction of sp³-hybridized carbons (Fsp3) is 1.00. The van der Waals surface area contributed by atoms with E-state index in [9.17, 15) is 0 Å². The Labute approximate surface area is 190 Å². The van der Waals surface area contributed by atoms with E-state index in [1.54, 1.807) is 0 Å². The van der Waals surface area contributed by atoms with Gasteiger partial charge >= 0.3 is 0 Å². The van der Waals surface area contributed by atoms with Crippen molar-refractivity contribution in [3.05, 3.63) is 0 Å². The molecule has 0 aliphatic carbocycles. The van der Waals surface area contributed by atoms with Gasteiger partial charge in [-0.15, -0.1) is 0 Å². The number of quaternary nitrogens is 1. The lowest BCUT2D eigenvalue weighted by molar-refractivity contribution is -0.890. The van der Waals surface area contributed by atoms with Crippen molar-refractivity contribution >= 4 is 29.3 Å². The van der Waals surface area contributed by atoms with E-state index >= 15 is 0 Å². The van der Waals surface area contributed by atoms with E-state index in [-0.39, 0.29) is 0 Å². The van der Waals surface area contributed by atoms with Gasteiger partial charge in [0.2, 0.25) is 0 Å². The van der Waals surface area contributed by atoms with E-state index in [0.717, 1.165) is 4.48 Å². The molecule has 7 heteroatoms. The molecule has 0 aromatic rings. The van der Waals surface area contributed by atoms with Gasteiger partial charge in [-0.1, -0.05) is 71.1 Å². The molecule has 4 nitrogen and oxygen atoms in total. The second-order valence-electron chi connectivity index (χ2n) is 9.82. The fourth-order valence-corrected chi connectivity index (χ4v) is 11.7. The van der Waals surface area contributed by atoms with Crippen LogP contribution < -0.4 is 0 Å². The lowest BCUT2D eigenvalue weighted by Crippen LogP contribution is -2.46. The molecule has 0 amide bonds. The van der Waals surface area contributed by atoms with Crippen molar-refractivity contribution < 1.29 is 17.8 Å². The van der Waals surface area contributed by atoms with Crippen LogP contribution in [0.4, 0.5) is 0 Å². The molecule has 0 fully saturated rings. The van der Waals surface area contributed by atoms with E-state index < -0.39 is 29.3 Å². The molecule has 176 valence electrons. The summed E-state index contributed by atoms with van der Waals surface area (Å²) in [6, 6.07) is 0. The molecular formula is C22H54NO3Si3+. The molecule has 0 rings (SSSR count). The van der Waals surface area contributed by atoms with Crippen LogP contribution in [-0.4, -0.2) is 82.3 Å². The van der Waals surface area contributed by atoms with E-state index in [1.807, 2.05) is 21.3 Å². The maximum atomic E-state index is 5.70. The molecule has 0 N–H and O–H groups in total. The normalized spacial score (nSPS) is 15.5. The van der Waals surface area contributed by atoms with Gasteiger partial charge in [-0.3, -0.25) is 0 Å². The lowest BCUT2D eigenvalue weighted by atomic mass is 10.1. The third-order valence-electron chi connectivity index (χ3n) is 6.22. The number of nitrogens with zero attached hydrogens (tertiary/aromatic N) is 1. The number of unbranched alkanes of at least 4 members (excludes halogenated alkanes) is 11. The summed E-state index contributed by atoms with van der Waals surface area (Å²) in [6.45, 7) is 4.83. The summed E-state index contributed by atoms with van der Waals surface area (Å²) >= 11 is 0. The van der Waals surface area contributed by atoms with Crippen LogP contribution in [0.1, 0.15) is 90.4 Å². The van der Waals surface area contributed by atoms with Crippen LogP contribution in [0, 0.1) is 0 Å². The van der Waals surface area contributed by atoms with E-state index in [0.29, 0.717) is 4.28 Å². The lowest BCUT2D eigenvalue weighted by Gasteiger charge is -2.36. The minimum atomic E-state index is -0.543. The zero-order chi connectivity index (χ0) is 21.8. The SMILES string of the molecule is CCCCCCCCCCCCCC[N+](C)(C)CCC([SiH2]OC)([SiH2]OC)[SiH2]OC. The molecule has 0 aromatic carbocycles. The monoisotopic (exact) mass is 464 g/mol. The third kappa shape index (κ3) is 16.8. The van der Waals surface area contributed by atoms with Gasteiger partial charge in [-0.05, 0) is 19.3 Å². The maximum Gasteiger partial charge on any atom is 0.165 e. The Morgan fingerprint density at radius 2 is 0.966 bits per heavy atom. The van der Waals surface area contributed by atoms with Gasteiger partial charge in [0, 0.05) is 25.6 Å². The predicted molar refractivity (Wildman–Crippen MR) is 137 cm³/mol. The Kier molecular flexibility index (Phi) is 19.5. The van der Waals surface area contributed by atoms with Gasteiger partial charge in [0.05, 0.1) is 27.2 Å². The Morgan fingerprint density at radius 1 is 0.586 bits per heavy atom. The van der Waals surface area contributed by atoms with Gasteiger partial charge in [0.25, 0.3) is 0 Å². The van der Waals surface area contributed by atoms with E-state index in [2.05, 4.69) is 21.0 Å². The number of hydrogen-bond donors (Lipinski definition) is 0. The molecule has 0 bridgehead atoms. The average Bonchev–Trinajstić information content (AvgIpc) is 2.68. The Bertz CT molecular complexity index is 343.